The second-order valence-electron chi connectivity index (χ2n) is 2.95. The normalized spacial score (nSPS) is 8.61. The van der Waals surface area contributed by atoms with Crippen molar-refractivity contribution >= 4 is 51.0 Å². The minimum Gasteiger partial charge on any atom is -0.822 e. The smallest absolute Gasteiger partial charge is 0.822 e. The minimum absolute atomic E-state index is 0. The van der Waals surface area contributed by atoms with Crippen LogP contribution in [0.4, 0.5) is 0 Å². The Kier molecular flexibility index (Phi) is 65.4. The maximum absolute atomic E-state index is 10.1. The third kappa shape index (κ3) is 42.3. The van der Waals surface area contributed by atoms with Gasteiger partial charge < -0.3 is 39.7 Å². The molecular weight excluding hydrogens is 485 g/mol. The van der Waals surface area contributed by atoms with E-state index in [-0.39, 0.29) is 191 Å². The van der Waals surface area contributed by atoms with E-state index in [0.29, 0.717) is 0 Å². The van der Waals surface area contributed by atoms with Crippen molar-refractivity contribution in [3.8, 4) is 0 Å². The monoisotopic (exact) mass is 499 g/mol. The summed E-state index contributed by atoms with van der Waals surface area (Å²) in [5, 5.41) is 36.7. The minimum atomic E-state index is -5.39. The Hall–Kier alpha value is 5.20. The summed E-state index contributed by atoms with van der Waals surface area (Å²) in [4.78, 5) is 35.7. The molecular formula is C6H16Cl3K3NO9P. The molecule has 10 nitrogen and oxygen atoms in total. The van der Waals surface area contributed by atoms with E-state index in [4.69, 9.17) is 39.7 Å². The first-order chi connectivity index (χ1) is 7.60. The fourth-order valence-corrected chi connectivity index (χ4v) is 0.581. The third-order valence-electron chi connectivity index (χ3n) is 1.52. The number of aliphatic carboxylic acids is 1. The van der Waals surface area contributed by atoms with Crippen LogP contribution in [-0.4, -0.2) is 58.3 Å². The van der Waals surface area contributed by atoms with Crippen LogP contribution in [0.2, 0.25) is 0 Å². The van der Waals surface area contributed by atoms with Gasteiger partial charge >= 0.3 is 160 Å². The first-order valence-electron chi connectivity index (χ1n) is 4.12. The van der Waals surface area contributed by atoms with E-state index < -0.39 is 45.7 Å². The molecule has 0 aromatic heterocycles. The summed E-state index contributed by atoms with van der Waals surface area (Å²) >= 11 is 0. The second-order valence-corrected chi connectivity index (χ2v) is 3.84. The van der Waals surface area contributed by atoms with Gasteiger partial charge in [-0.15, -0.1) is 37.2 Å². The summed E-state index contributed by atoms with van der Waals surface area (Å²) in [7, 11) is -5.39. The molecule has 128 valence electrons. The quantitative estimate of drug-likeness (QED) is 0.172. The number of aliphatic hydroxyl groups excluding tert-OH is 3. The zero-order valence-corrected chi connectivity index (χ0v) is 25.5. The zero-order chi connectivity index (χ0) is 14.1. The van der Waals surface area contributed by atoms with Gasteiger partial charge in [-0.2, -0.15) is 7.82 Å². The van der Waals surface area contributed by atoms with Crippen LogP contribution in [0, 0.1) is 0 Å². The topological polar surface area (TPSA) is 196 Å². The van der Waals surface area contributed by atoms with Crippen molar-refractivity contribution in [3.63, 3.8) is 0 Å². The van der Waals surface area contributed by atoms with E-state index in [1.54, 1.807) is 0 Å². The van der Waals surface area contributed by atoms with Crippen LogP contribution in [-0.2, 0) is 9.36 Å². The van der Waals surface area contributed by atoms with Crippen LogP contribution in [0.25, 0.3) is 0 Å². The Balaban J connectivity index is -0.0000000306. The fourth-order valence-electron chi connectivity index (χ4n) is 0.581. The van der Waals surface area contributed by atoms with Gasteiger partial charge in [-0.3, -0.25) is 10.1 Å². The number of carbonyl (C=O) groups is 1. The van der Waals surface area contributed by atoms with E-state index in [2.05, 4.69) is 5.32 Å². The summed E-state index contributed by atoms with van der Waals surface area (Å²) in [6.07, 6.45) is 0. The molecule has 0 aromatic carbocycles. The SMILES string of the molecule is Cl.Cl.Cl.O=C(O)CNC(CO)(CO)CO.O=P([O-])([O-])[O-].[K+].[K+].[K+]. The number of rotatable bonds is 6. The largest absolute Gasteiger partial charge is 1.00 e. The number of aliphatic hydroxyl groups is 3. The predicted octanol–water partition coefficient (Wildman–Crippen LogP) is -13.2. The molecule has 0 fully saturated rings. The summed E-state index contributed by atoms with van der Waals surface area (Å²) in [5.41, 5.74) is -1.31. The molecule has 17 heteroatoms. The van der Waals surface area contributed by atoms with Crippen molar-refractivity contribution in [1.82, 2.24) is 5.32 Å². The van der Waals surface area contributed by atoms with Crippen LogP contribution in [0.15, 0.2) is 0 Å². The number of carboxylic acids is 1. The molecule has 0 bridgehead atoms. The second kappa shape index (κ2) is 29.4. The average Bonchev–Trinajstić information content (AvgIpc) is 2.18. The molecule has 5 N–H and O–H groups in total. The number of hydrogen-bond donors (Lipinski definition) is 5. The molecule has 0 heterocycles. The van der Waals surface area contributed by atoms with Crippen LogP contribution >= 0.6 is 45.0 Å². The van der Waals surface area contributed by atoms with Gasteiger partial charge in [-0.25, -0.2) is 0 Å². The van der Waals surface area contributed by atoms with Gasteiger partial charge in [0.05, 0.1) is 31.9 Å². The Morgan fingerprint density at radius 1 is 0.913 bits per heavy atom. The summed E-state index contributed by atoms with van der Waals surface area (Å²) in [6, 6.07) is 0. The van der Waals surface area contributed by atoms with E-state index >= 15 is 0 Å². The number of carboxylic acid groups (broad SMARTS) is 1. The van der Waals surface area contributed by atoms with Gasteiger partial charge in [0.1, 0.15) is 0 Å². The molecule has 23 heavy (non-hydrogen) atoms. The van der Waals surface area contributed by atoms with Crippen LogP contribution in [0.1, 0.15) is 0 Å². The summed E-state index contributed by atoms with van der Waals surface area (Å²) in [6.45, 7) is -1.98. The Morgan fingerprint density at radius 2 is 1.13 bits per heavy atom. The van der Waals surface area contributed by atoms with Gasteiger partial charge in [0.25, 0.3) is 0 Å². The third-order valence-corrected chi connectivity index (χ3v) is 1.52. The molecule has 0 amide bonds. The van der Waals surface area contributed by atoms with Crippen molar-refractivity contribution in [2.24, 2.45) is 0 Å². The van der Waals surface area contributed by atoms with E-state index in [9.17, 15) is 4.79 Å². The Labute approximate surface area is 280 Å². The summed E-state index contributed by atoms with van der Waals surface area (Å²) in [5.74, 6) is -1.12. The molecule has 0 aromatic rings. The molecule has 0 radical (unpaired) electrons. The molecule has 0 spiro atoms. The van der Waals surface area contributed by atoms with E-state index in [1.807, 2.05) is 0 Å². The Bertz CT molecular complexity index is 269. The van der Waals surface area contributed by atoms with Crippen molar-refractivity contribution in [1.29, 1.82) is 0 Å². The van der Waals surface area contributed by atoms with E-state index in [1.165, 1.54) is 0 Å². The van der Waals surface area contributed by atoms with Crippen molar-refractivity contribution in [2.45, 2.75) is 5.54 Å². The first kappa shape index (κ1) is 51.1. The van der Waals surface area contributed by atoms with Gasteiger partial charge in [0.2, 0.25) is 0 Å². The van der Waals surface area contributed by atoms with Crippen molar-refractivity contribution in [2.75, 3.05) is 26.4 Å². The van der Waals surface area contributed by atoms with Crippen molar-refractivity contribution in [3.05, 3.63) is 0 Å². The molecule has 0 aliphatic heterocycles. The van der Waals surface area contributed by atoms with Gasteiger partial charge in [-0.05, 0) is 0 Å². The fraction of sp³-hybridized carbons (Fsp3) is 0.833. The van der Waals surface area contributed by atoms with Crippen LogP contribution < -0.4 is 174 Å². The molecule has 0 saturated heterocycles. The number of phosphoric acid groups is 1. The molecule has 0 unspecified atom stereocenters. The predicted molar refractivity (Wildman–Crippen MR) is 69.0 cm³/mol. The number of nitrogens with one attached hydrogen (secondary N) is 1. The number of hydrogen-bond acceptors (Lipinski definition) is 9. The standard InChI is InChI=1S/C6H13NO5.3ClH.3K.H3O4P/c8-2-6(3-9,4-10)7-1-5(11)12;;;;;;;1-5(2,3)4/h7-10H,1-4H2,(H,11,12);3*1H;;;;(H3,1,2,3,4)/q;;;;3*+1;/p-3. The maximum Gasteiger partial charge on any atom is 1.00 e. The van der Waals surface area contributed by atoms with Gasteiger partial charge in [0.15, 0.2) is 0 Å². The molecule has 0 aliphatic carbocycles. The molecule has 0 rings (SSSR count). The van der Waals surface area contributed by atoms with Gasteiger partial charge in [0, 0.05) is 0 Å². The molecule has 0 atom stereocenters. The van der Waals surface area contributed by atoms with Crippen LogP contribution in [0.5, 0.6) is 0 Å². The van der Waals surface area contributed by atoms with Crippen LogP contribution in [0.3, 0.4) is 0 Å². The Morgan fingerprint density at radius 3 is 1.26 bits per heavy atom. The average molecular weight is 501 g/mol. The summed E-state index contributed by atoms with van der Waals surface area (Å²) < 4.78 is 8.55. The van der Waals surface area contributed by atoms with Gasteiger partial charge in [-0.1, -0.05) is 0 Å². The maximum atomic E-state index is 10.1. The zero-order valence-electron chi connectivity index (χ0n) is 12.8. The number of halogens is 3. The molecule has 0 saturated carbocycles. The first-order valence-corrected chi connectivity index (χ1v) is 5.59. The molecule has 0 aliphatic rings. The van der Waals surface area contributed by atoms with E-state index in [0.717, 1.165) is 0 Å². The van der Waals surface area contributed by atoms with Crippen molar-refractivity contribution < 1.29 is 199 Å².